The van der Waals surface area contributed by atoms with Gasteiger partial charge in [0.2, 0.25) is 0 Å². The minimum Gasteiger partial charge on any atom is -0.299 e. The molecular weight excluding hydrogens is 224 g/mol. The van der Waals surface area contributed by atoms with E-state index in [2.05, 4.69) is 18.9 Å². The largest absolute Gasteiger partial charge is 0.299 e. The maximum atomic E-state index is 11.5. The zero-order chi connectivity index (χ0) is 12.1. The van der Waals surface area contributed by atoms with Crippen molar-refractivity contribution in [1.29, 1.82) is 0 Å². The average Bonchev–Trinajstić information content (AvgIpc) is 2.45. The molecule has 0 amide bonds. The molecule has 4 nitrogen and oxygen atoms in total. The topological polar surface area (TPSA) is 54.9 Å². The summed E-state index contributed by atoms with van der Waals surface area (Å²) < 4.78 is 13.1. The fourth-order valence-electron chi connectivity index (χ4n) is 1.54. The molecule has 0 aromatic carbocycles. The maximum Gasteiger partial charge on any atom is 0.266 e. The van der Waals surface area contributed by atoms with E-state index in [1.54, 1.807) is 10.7 Å². The highest BCUT2D eigenvalue weighted by Gasteiger charge is 2.07. The highest BCUT2D eigenvalue weighted by atomic mass is 32.2. The van der Waals surface area contributed by atoms with Crippen molar-refractivity contribution in [2.45, 2.75) is 39.5 Å². The zero-order valence-corrected chi connectivity index (χ0v) is 11.0. The lowest BCUT2D eigenvalue weighted by molar-refractivity contribution is 0.471. The monoisotopic (exact) mass is 244 g/mol. The van der Waals surface area contributed by atoms with Gasteiger partial charge in [-0.25, -0.2) is 0 Å². The molecular formula is C11H20N2O2S. The van der Waals surface area contributed by atoms with Gasteiger partial charge in [-0.05, 0) is 12.3 Å². The van der Waals surface area contributed by atoms with Gasteiger partial charge in [-0.3, -0.25) is 18.8 Å². The van der Waals surface area contributed by atoms with Gasteiger partial charge in [0, 0.05) is 34.9 Å². The summed E-state index contributed by atoms with van der Waals surface area (Å²) in [6, 6.07) is 1.55. The highest BCUT2D eigenvalue weighted by molar-refractivity contribution is 7.84. The normalized spacial score (nSPS) is 13.2. The molecule has 1 N–H and O–H groups in total. The van der Waals surface area contributed by atoms with Crippen LogP contribution in [0.1, 0.15) is 32.9 Å². The van der Waals surface area contributed by atoms with E-state index in [1.165, 1.54) is 0 Å². The molecule has 16 heavy (non-hydrogen) atoms. The van der Waals surface area contributed by atoms with Crippen molar-refractivity contribution < 1.29 is 4.21 Å². The number of H-pyrrole nitrogens is 1. The lowest BCUT2D eigenvalue weighted by Gasteiger charge is -2.04. The van der Waals surface area contributed by atoms with Crippen molar-refractivity contribution in [3.05, 3.63) is 22.1 Å². The number of hydrogen-bond acceptors (Lipinski definition) is 2. The Bertz CT molecular complexity index is 406. The number of nitrogens with zero attached hydrogens (tertiary/aromatic N) is 1. The van der Waals surface area contributed by atoms with Crippen LogP contribution in [0.3, 0.4) is 0 Å². The second-order valence-corrected chi connectivity index (χ2v) is 5.99. The summed E-state index contributed by atoms with van der Waals surface area (Å²) in [6.07, 6.45) is 0.906. The Morgan fingerprint density at radius 3 is 2.75 bits per heavy atom. The lowest BCUT2D eigenvalue weighted by atomic mass is 10.2. The Balaban J connectivity index is 2.69. The Hall–Kier alpha value is -0.840. The van der Waals surface area contributed by atoms with Crippen LogP contribution in [-0.2, 0) is 23.1 Å². The number of rotatable bonds is 6. The molecule has 0 aliphatic carbocycles. The molecule has 1 unspecified atom stereocenters. The molecule has 0 aliphatic heterocycles. The number of nitrogens with one attached hydrogen (secondary N) is 1. The number of aromatic amines is 1. The molecule has 1 aromatic rings. The third kappa shape index (κ3) is 3.96. The van der Waals surface area contributed by atoms with Crippen LogP contribution in [0.4, 0.5) is 0 Å². The number of aromatic nitrogens is 2. The summed E-state index contributed by atoms with van der Waals surface area (Å²) in [5, 5.41) is 3.01. The molecule has 0 aliphatic rings. The first kappa shape index (κ1) is 13.2. The standard InChI is InChI=1S/C11H20N2O2S/c1-4-5-16(15)8-10-6-11(14)13(12-10)7-9(2)3/h6,9,12H,4-5,7-8H2,1-3H3. The van der Waals surface area contributed by atoms with Crippen LogP contribution < -0.4 is 5.56 Å². The molecule has 0 saturated carbocycles. The van der Waals surface area contributed by atoms with Crippen LogP contribution >= 0.6 is 0 Å². The van der Waals surface area contributed by atoms with Crippen molar-refractivity contribution in [3.8, 4) is 0 Å². The van der Waals surface area contributed by atoms with Crippen LogP contribution in [0.2, 0.25) is 0 Å². The van der Waals surface area contributed by atoms with Crippen LogP contribution in [0.5, 0.6) is 0 Å². The second-order valence-electron chi connectivity index (χ2n) is 4.41. The lowest BCUT2D eigenvalue weighted by Crippen LogP contribution is -2.18. The SMILES string of the molecule is CCCS(=O)Cc1cc(=O)n(CC(C)C)[nH]1. The van der Waals surface area contributed by atoms with E-state index in [0.29, 0.717) is 24.0 Å². The molecule has 1 aromatic heterocycles. The summed E-state index contributed by atoms with van der Waals surface area (Å²) in [6.45, 7) is 6.80. The predicted molar refractivity (Wildman–Crippen MR) is 66.9 cm³/mol. The van der Waals surface area contributed by atoms with E-state index in [0.717, 1.165) is 12.1 Å². The molecule has 92 valence electrons. The van der Waals surface area contributed by atoms with Gasteiger partial charge in [0.1, 0.15) is 0 Å². The zero-order valence-electron chi connectivity index (χ0n) is 10.2. The predicted octanol–water partition coefficient (Wildman–Crippen LogP) is 1.49. The minimum atomic E-state index is -0.862. The maximum absolute atomic E-state index is 11.5. The fourth-order valence-corrected chi connectivity index (χ4v) is 2.63. The summed E-state index contributed by atoms with van der Waals surface area (Å²) in [5.41, 5.74) is 0.745. The van der Waals surface area contributed by atoms with Crippen molar-refractivity contribution in [3.63, 3.8) is 0 Å². The Labute approximate surface area is 98.5 Å². The first-order valence-corrected chi connectivity index (χ1v) is 7.15. The van der Waals surface area contributed by atoms with Gasteiger partial charge in [0.25, 0.3) is 5.56 Å². The summed E-state index contributed by atoms with van der Waals surface area (Å²) >= 11 is 0. The first-order valence-electron chi connectivity index (χ1n) is 5.66. The second kappa shape index (κ2) is 6.03. The van der Waals surface area contributed by atoms with Crippen molar-refractivity contribution in [2.75, 3.05) is 5.75 Å². The van der Waals surface area contributed by atoms with Crippen molar-refractivity contribution in [1.82, 2.24) is 9.78 Å². The van der Waals surface area contributed by atoms with Gasteiger partial charge < -0.3 is 0 Å². The van der Waals surface area contributed by atoms with E-state index in [1.807, 2.05) is 6.92 Å². The molecule has 0 spiro atoms. The van der Waals surface area contributed by atoms with Crippen LogP contribution in [0.15, 0.2) is 10.9 Å². The number of hydrogen-bond donors (Lipinski definition) is 1. The first-order chi connectivity index (χ1) is 7.52. The molecule has 0 radical (unpaired) electrons. The van der Waals surface area contributed by atoms with E-state index >= 15 is 0 Å². The fraction of sp³-hybridized carbons (Fsp3) is 0.727. The van der Waals surface area contributed by atoms with Gasteiger partial charge in [-0.2, -0.15) is 0 Å². The van der Waals surface area contributed by atoms with Crippen LogP contribution in [-0.4, -0.2) is 19.7 Å². The molecule has 0 fully saturated rings. The molecule has 0 bridgehead atoms. The minimum absolute atomic E-state index is 0.0304. The summed E-state index contributed by atoms with van der Waals surface area (Å²) in [5.74, 6) is 1.57. The van der Waals surface area contributed by atoms with E-state index < -0.39 is 10.8 Å². The molecule has 5 heteroatoms. The van der Waals surface area contributed by atoms with Gasteiger partial charge in [-0.1, -0.05) is 20.8 Å². The van der Waals surface area contributed by atoms with Crippen LogP contribution in [0.25, 0.3) is 0 Å². The molecule has 1 heterocycles. The average molecular weight is 244 g/mol. The van der Waals surface area contributed by atoms with E-state index in [9.17, 15) is 9.00 Å². The summed E-state index contributed by atoms with van der Waals surface area (Å²) in [7, 11) is -0.862. The third-order valence-corrected chi connectivity index (χ3v) is 3.63. The van der Waals surface area contributed by atoms with E-state index in [-0.39, 0.29) is 5.56 Å². The smallest absolute Gasteiger partial charge is 0.266 e. The van der Waals surface area contributed by atoms with Crippen LogP contribution in [0, 0.1) is 5.92 Å². The van der Waals surface area contributed by atoms with Crippen molar-refractivity contribution in [2.24, 2.45) is 5.92 Å². The Morgan fingerprint density at radius 1 is 1.50 bits per heavy atom. The van der Waals surface area contributed by atoms with Gasteiger partial charge in [0.15, 0.2) is 0 Å². The van der Waals surface area contributed by atoms with Gasteiger partial charge in [0.05, 0.1) is 5.75 Å². The Kier molecular flexibility index (Phi) is 4.99. The Morgan fingerprint density at radius 2 is 2.19 bits per heavy atom. The summed E-state index contributed by atoms with van der Waals surface area (Å²) in [4.78, 5) is 11.5. The van der Waals surface area contributed by atoms with Gasteiger partial charge in [-0.15, -0.1) is 0 Å². The van der Waals surface area contributed by atoms with Crippen molar-refractivity contribution >= 4 is 10.8 Å². The highest BCUT2D eigenvalue weighted by Crippen LogP contribution is 2.01. The van der Waals surface area contributed by atoms with E-state index in [4.69, 9.17) is 0 Å². The molecule has 1 rings (SSSR count). The van der Waals surface area contributed by atoms with Gasteiger partial charge >= 0.3 is 0 Å². The third-order valence-electron chi connectivity index (χ3n) is 2.14. The quantitative estimate of drug-likeness (QED) is 0.824. The molecule has 0 saturated heterocycles. The molecule has 1 atom stereocenters.